The third-order valence-electron chi connectivity index (χ3n) is 4.81. The van der Waals surface area contributed by atoms with Gasteiger partial charge in [0.05, 0.1) is 6.04 Å². The number of carbonyl (C=O) groups excluding carboxylic acids is 2. The zero-order chi connectivity index (χ0) is 21.0. The fourth-order valence-corrected chi connectivity index (χ4v) is 3.62. The van der Waals surface area contributed by atoms with Gasteiger partial charge in [0.25, 0.3) is 0 Å². The first-order valence-electron chi connectivity index (χ1n) is 9.89. The molecule has 7 nitrogen and oxygen atoms in total. The molecule has 0 saturated carbocycles. The van der Waals surface area contributed by atoms with Crippen molar-refractivity contribution in [1.82, 2.24) is 15.2 Å². The van der Waals surface area contributed by atoms with E-state index in [-0.39, 0.29) is 18.7 Å². The van der Waals surface area contributed by atoms with E-state index >= 15 is 0 Å². The van der Waals surface area contributed by atoms with Crippen LogP contribution in [0.4, 0.5) is 9.59 Å². The van der Waals surface area contributed by atoms with Crippen LogP contribution in [0, 0.1) is 0 Å². The van der Waals surface area contributed by atoms with E-state index in [1.807, 2.05) is 45.2 Å². The van der Waals surface area contributed by atoms with Crippen LogP contribution < -0.4 is 5.32 Å². The molecule has 1 aromatic heterocycles. The van der Waals surface area contributed by atoms with Crippen molar-refractivity contribution < 1.29 is 19.1 Å². The maximum absolute atomic E-state index is 12.3. The lowest BCUT2D eigenvalue weighted by molar-refractivity contribution is 0.0159. The van der Waals surface area contributed by atoms with Gasteiger partial charge in [0, 0.05) is 35.2 Å². The van der Waals surface area contributed by atoms with Gasteiger partial charge in [-0.1, -0.05) is 11.6 Å². The van der Waals surface area contributed by atoms with Crippen LogP contribution in [0.3, 0.4) is 0 Å². The van der Waals surface area contributed by atoms with Crippen molar-refractivity contribution in [2.45, 2.75) is 51.7 Å². The smallest absolute Gasteiger partial charge is 0.410 e. The third-order valence-corrected chi connectivity index (χ3v) is 5.04. The number of aromatic amines is 1. The molecule has 1 atom stereocenters. The molecule has 158 valence electrons. The average Bonchev–Trinajstić information content (AvgIpc) is 3.25. The quantitative estimate of drug-likeness (QED) is 0.745. The van der Waals surface area contributed by atoms with Crippen LogP contribution in [-0.2, 0) is 15.9 Å². The number of hydrogen-bond acceptors (Lipinski definition) is 4. The van der Waals surface area contributed by atoms with Crippen LogP contribution in [0.1, 0.15) is 39.2 Å². The lowest BCUT2D eigenvalue weighted by Crippen LogP contribution is -2.42. The Labute approximate surface area is 175 Å². The molecule has 0 bridgehead atoms. The molecule has 2 amide bonds. The van der Waals surface area contributed by atoms with E-state index in [2.05, 4.69) is 10.3 Å². The fraction of sp³-hybridized carbons (Fsp3) is 0.524. The minimum Gasteiger partial charge on any atom is -0.447 e. The molecule has 1 fully saturated rings. The Morgan fingerprint density at radius 3 is 2.90 bits per heavy atom. The van der Waals surface area contributed by atoms with Crippen molar-refractivity contribution in [2.24, 2.45) is 0 Å². The zero-order valence-corrected chi connectivity index (χ0v) is 17.8. The summed E-state index contributed by atoms with van der Waals surface area (Å²) in [4.78, 5) is 29.2. The van der Waals surface area contributed by atoms with Crippen LogP contribution in [0.5, 0.6) is 0 Å². The maximum Gasteiger partial charge on any atom is 0.410 e. The molecule has 3 rings (SSSR count). The van der Waals surface area contributed by atoms with E-state index in [4.69, 9.17) is 21.1 Å². The highest BCUT2D eigenvalue weighted by atomic mass is 35.5. The molecule has 2 heterocycles. The number of hydrogen-bond donors (Lipinski definition) is 2. The van der Waals surface area contributed by atoms with Gasteiger partial charge in [-0.3, -0.25) is 0 Å². The Hall–Kier alpha value is -2.41. The summed E-state index contributed by atoms with van der Waals surface area (Å²) in [6.45, 7) is 6.73. The zero-order valence-electron chi connectivity index (χ0n) is 17.1. The second-order valence-corrected chi connectivity index (χ2v) is 8.69. The highest BCUT2D eigenvalue weighted by molar-refractivity contribution is 6.31. The summed E-state index contributed by atoms with van der Waals surface area (Å²) < 4.78 is 10.8. The largest absolute Gasteiger partial charge is 0.447 e. The second-order valence-electron chi connectivity index (χ2n) is 8.25. The number of alkyl carbamates (subject to hydrolysis) is 1. The van der Waals surface area contributed by atoms with Crippen molar-refractivity contribution in [3.05, 3.63) is 35.0 Å². The number of rotatable bonds is 5. The molecule has 29 heavy (non-hydrogen) atoms. The van der Waals surface area contributed by atoms with Crippen molar-refractivity contribution in [2.75, 3.05) is 19.7 Å². The summed E-state index contributed by atoms with van der Waals surface area (Å²) >= 11 is 6.06. The number of H-pyrrole nitrogens is 1. The Balaban J connectivity index is 1.43. The Kier molecular flexibility index (Phi) is 6.57. The number of fused-ring (bicyclic) bond motifs is 1. The summed E-state index contributed by atoms with van der Waals surface area (Å²) in [6.07, 6.45) is 3.40. The van der Waals surface area contributed by atoms with Gasteiger partial charge in [0.1, 0.15) is 12.2 Å². The third kappa shape index (κ3) is 5.79. The summed E-state index contributed by atoms with van der Waals surface area (Å²) in [5, 5.41) is 4.49. The van der Waals surface area contributed by atoms with E-state index in [1.165, 1.54) is 0 Å². The molecule has 1 aliphatic heterocycles. The molecule has 0 spiro atoms. The first kappa shape index (κ1) is 21.3. The number of benzene rings is 1. The summed E-state index contributed by atoms with van der Waals surface area (Å²) in [7, 11) is 0. The molecular formula is C21H28ClN3O4. The predicted molar refractivity (Wildman–Crippen MR) is 112 cm³/mol. The monoisotopic (exact) mass is 421 g/mol. The second kappa shape index (κ2) is 8.95. The van der Waals surface area contributed by atoms with Crippen molar-refractivity contribution in [3.63, 3.8) is 0 Å². The summed E-state index contributed by atoms with van der Waals surface area (Å²) in [5.74, 6) is 0. The van der Waals surface area contributed by atoms with Gasteiger partial charge < -0.3 is 24.7 Å². The average molecular weight is 422 g/mol. The number of nitrogens with zero attached hydrogens (tertiary/aromatic N) is 1. The number of aromatic nitrogens is 1. The standard InChI is InChI=1S/C21H28ClN3O4/c1-21(2,3)29-20(27)25-10-4-5-16(25)13-28-19(26)23-9-8-14-12-24-18-7-6-15(22)11-17(14)18/h6-7,11-12,16,24H,4-5,8-10,13H2,1-3H3,(H,23,26). The molecule has 1 unspecified atom stereocenters. The van der Waals surface area contributed by atoms with Gasteiger partial charge in [-0.05, 0) is 63.8 Å². The van der Waals surface area contributed by atoms with E-state index < -0.39 is 11.7 Å². The molecule has 8 heteroatoms. The summed E-state index contributed by atoms with van der Waals surface area (Å²) in [5.41, 5.74) is 1.54. The number of amides is 2. The Morgan fingerprint density at radius 2 is 2.14 bits per heavy atom. The molecule has 2 N–H and O–H groups in total. The normalized spacial score (nSPS) is 16.8. The molecule has 0 aliphatic carbocycles. The first-order chi connectivity index (χ1) is 13.7. The van der Waals surface area contributed by atoms with Gasteiger partial charge >= 0.3 is 12.2 Å². The van der Waals surface area contributed by atoms with Gasteiger partial charge in [-0.25, -0.2) is 9.59 Å². The van der Waals surface area contributed by atoms with Crippen molar-refractivity contribution in [1.29, 1.82) is 0 Å². The first-order valence-corrected chi connectivity index (χ1v) is 10.3. The summed E-state index contributed by atoms with van der Waals surface area (Å²) in [6, 6.07) is 5.53. The van der Waals surface area contributed by atoms with Crippen LogP contribution in [0.15, 0.2) is 24.4 Å². The number of nitrogens with one attached hydrogen (secondary N) is 2. The Bertz CT molecular complexity index is 874. The fourth-order valence-electron chi connectivity index (χ4n) is 3.45. The van der Waals surface area contributed by atoms with Crippen LogP contribution >= 0.6 is 11.6 Å². The minimum atomic E-state index is -0.547. The van der Waals surface area contributed by atoms with E-state index in [9.17, 15) is 9.59 Å². The topological polar surface area (TPSA) is 83.7 Å². The molecule has 0 radical (unpaired) electrons. The molecule has 1 aliphatic rings. The lowest BCUT2D eigenvalue weighted by atomic mass is 10.1. The van der Waals surface area contributed by atoms with Crippen molar-refractivity contribution in [3.8, 4) is 0 Å². The molecule has 2 aromatic rings. The number of halogens is 1. The predicted octanol–water partition coefficient (Wildman–Crippen LogP) is 4.49. The van der Waals surface area contributed by atoms with Crippen molar-refractivity contribution >= 4 is 34.7 Å². The SMILES string of the molecule is CC(C)(C)OC(=O)N1CCCC1COC(=O)NCCc1c[nH]c2ccc(Cl)cc12. The van der Waals surface area contributed by atoms with Crippen LogP contribution in [-0.4, -0.2) is 53.4 Å². The van der Waals surface area contributed by atoms with Crippen LogP contribution in [0.2, 0.25) is 5.02 Å². The molecule has 1 aromatic carbocycles. The van der Waals surface area contributed by atoms with Gasteiger partial charge in [0.15, 0.2) is 0 Å². The van der Waals surface area contributed by atoms with E-state index in [1.54, 1.807) is 4.90 Å². The molecule has 1 saturated heterocycles. The van der Waals surface area contributed by atoms with E-state index in [0.29, 0.717) is 24.5 Å². The number of carbonyl (C=O) groups is 2. The lowest BCUT2D eigenvalue weighted by Gasteiger charge is -2.28. The number of ether oxygens (including phenoxy) is 2. The minimum absolute atomic E-state index is 0.147. The molecular weight excluding hydrogens is 394 g/mol. The van der Waals surface area contributed by atoms with Gasteiger partial charge in [-0.2, -0.15) is 0 Å². The van der Waals surface area contributed by atoms with E-state index in [0.717, 1.165) is 29.3 Å². The number of likely N-dealkylation sites (tertiary alicyclic amines) is 1. The highest BCUT2D eigenvalue weighted by Crippen LogP contribution is 2.23. The Morgan fingerprint density at radius 1 is 1.34 bits per heavy atom. The highest BCUT2D eigenvalue weighted by Gasteiger charge is 2.32. The van der Waals surface area contributed by atoms with Gasteiger partial charge in [0.2, 0.25) is 0 Å². The van der Waals surface area contributed by atoms with Crippen LogP contribution in [0.25, 0.3) is 10.9 Å². The van der Waals surface area contributed by atoms with Gasteiger partial charge in [-0.15, -0.1) is 0 Å². The maximum atomic E-state index is 12.3.